The maximum absolute atomic E-state index is 17.6. The van der Waals surface area contributed by atoms with Crippen molar-refractivity contribution in [3.63, 3.8) is 0 Å². The number of hydrogen-bond acceptors (Lipinski definition) is 12. The summed E-state index contributed by atoms with van der Waals surface area (Å²) < 4.78 is 78.7. The lowest BCUT2D eigenvalue weighted by molar-refractivity contribution is -0.191. The standard InChI is InChI=1S/C38H38ClF3N6O7S/c39-29-27(22-5-6-24(41)33-26(22)23(13-43)35(56-33)46-37(49)50)30(42)31-28-32(29)53-17-21(55-25-4-1-2-10-52-25)15-48(20-7-11-51-16-20)34(28)45-36(44-31)54-18-38-8-3-9-47(38)14-19(40)12-38/h5-6,19-21,25,46H,1-4,7-12,14-18H2,(H,49,50)/t19-,20?,21?,25?,38+/m1/s1. The minimum atomic E-state index is -1.46. The second-order valence-electron chi connectivity index (χ2n) is 14.9. The van der Waals surface area contributed by atoms with E-state index in [2.05, 4.69) is 15.2 Å². The zero-order valence-electron chi connectivity index (χ0n) is 30.1. The van der Waals surface area contributed by atoms with Gasteiger partial charge in [-0.05, 0) is 56.7 Å². The van der Waals surface area contributed by atoms with Gasteiger partial charge in [0.15, 0.2) is 17.9 Å². The molecule has 5 atom stereocenters. The van der Waals surface area contributed by atoms with Crippen LogP contribution in [0.15, 0.2) is 12.1 Å². The Hall–Kier alpha value is -4.18. The molecule has 0 saturated carbocycles. The number of rotatable bonds is 8. The number of carbonyl (C=O) groups is 1. The number of hydrogen-bond donors (Lipinski definition) is 2. The van der Waals surface area contributed by atoms with Gasteiger partial charge in [0.05, 0.1) is 38.9 Å². The summed E-state index contributed by atoms with van der Waals surface area (Å²) >= 11 is 7.92. The molecule has 4 fully saturated rings. The maximum Gasteiger partial charge on any atom is 0.409 e. The monoisotopic (exact) mass is 814 g/mol. The molecule has 7 heterocycles. The van der Waals surface area contributed by atoms with Gasteiger partial charge < -0.3 is 33.7 Å². The van der Waals surface area contributed by atoms with E-state index in [0.717, 1.165) is 38.3 Å². The number of thiophene rings is 1. The van der Waals surface area contributed by atoms with E-state index in [0.29, 0.717) is 57.0 Å². The molecule has 13 nitrogen and oxygen atoms in total. The molecule has 5 aliphatic rings. The molecule has 0 aliphatic carbocycles. The number of nitrogens with zero attached hydrogens (tertiary/aromatic N) is 5. The predicted octanol–water partition coefficient (Wildman–Crippen LogP) is 7.26. The number of benzene rings is 2. The Morgan fingerprint density at radius 2 is 2.04 bits per heavy atom. The Labute approximate surface area is 328 Å². The van der Waals surface area contributed by atoms with Gasteiger partial charge >= 0.3 is 12.1 Å². The van der Waals surface area contributed by atoms with Crippen molar-refractivity contribution in [2.24, 2.45) is 0 Å². The first-order valence-corrected chi connectivity index (χ1v) is 20.0. The first-order chi connectivity index (χ1) is 27.1. The second-order valence-corrected chi connectivity index (χ2v) is 16.3. The fraction of sp³-hybridized carbons (Fsp3) is 0.526. The highest BCUT2D eigenvalue weighted by Gasteiger charge is 2.49. The van der Waals surface area contributed by atoms with Crippen LogP contribution in [-0.4, -0.2) is 109 Å². The highest BCUT2D eigenvalue weighted by Crippen LogP contribution is 2.51. The third-order valence-electron chi connectivity index (χ3n) is 11.5. The van der Waals surface area contributed by atoms with Crippen LogP contribution < -0.4 is 19.7 Å². The minimum Gasteiger partial charge on any atom is -0.488 e. The summed E-state index contributed by atoms with van der Waals surface area (Å²) in [5.74, 6) is -1.34. The molecular formula is C38H38ClF3N6O7S. The van der Waals surface area contributed by atoms with Crippen LogP contribution in [0, 0.1) is 23.0 Å². The lowest BCUT2D eigenvalue weighted by Crippen LogP contribution is -2.47. The van der Waals surface area contributed by atoms with E-state index in [4.69, 9.17) is 40.3 Å². The normalized spacial score (nSPS) is 26.5. The molecule has 1 amide bonds. The number of amides is 1. The Balaban J connectivity index is 1.25. The van der Waals surface area contributed by atoms with Crippen molar-refractivity contribution < 1.29 is 46.8 Å². The van der Waals surface area contributed by atoms with Crippen LogP contribution in [0.2, 0.25) is 5.02 Å². The van der Waals surface area contributed by atoms with Crippen molar-refractivity contribution >= 4 is 60.8 Å². The Morgan fingerprint density at radius 1 is 1.16 bits per heavy atom. The number of nitrogens with one attached hydrogen (secondary N) is 1. The molecule has 2 aromatic carbocycles. The van der Waals surface area contributed by atoms with Crippen LogP contribution in [0.1, 0.15) is 50.5 Å². The Bertz CT molecular complexity index is 2250. The van der Waals surface area contributed by atoms with Gasteiger partial charge in [0.2, 0.25) is 0 Å². The topological polar surface area (TPSA) is 152 Å². The molecule has 296 valence electrons. The van der Waals surface area contributed by atoms with Gasteiger partial charge in [-0.3, -0.25) is 10.2 Å². The second kappa shape index (κ2) is 15.0. The van der Waals surface area contributed by atoms with Gasteiger partial charge in [-0.25, -0.2) is 18.0 Å². The van der Waals surface area contributed by atoms with E-state index in [-0.39, 0.29) is 91.1 Å². The van der Waals surface area contributed by atoms with Crippen LogP contribution in [0.3, 0.4) is 0 Å². The molecule has 0 spiro atoms. The van der Waals surface area contributed by atoms with E-state index >= 15 is 8.78 Å². The molecular weight excluding hydrogens is 777 g/mol. The Morgan fingerprint density at radius 3 is 2.80 bits per heavy atom. The van der Waals surface area contributed by atoms with Crippen LogP contribution in [-0.2, 0) is 14.2 Å². The molecule has 18 heteroatoms. The van der Waals surface area contributed by atoms with Gasteiger partial charge in [0, 0.05) is 43.7 Å². The molecule has 9 rings (SSSR count). The lowest BCUT2D eigenvalue weighted by atomic mass is 9.95. The molecule has 4 saturated heterocycles. The van der Waals surface area contributed by atoms with Crippen molar-refractivity contribution in [3.05, 3.63) is 34.4 Å². The summed E-state index contributed by atoms with van der Waals surface area (Å²) in [6.45, 7) is 2.83. The molecule has 2 aromatic heterocycles. The van der Waals surface area contributed by atoms with Gasteiger partial charge in [0.25, 0.3) is 0 Å². The summed E-state index contributed by atoms with van der Waals surface area (Å²) in [6.07, 6.45) is 1.64. The number of ether oxygens (including phenoxy) is 5. The highest BCUT2D eigenvalue weighted by molar-refractivity contribution is 7.23. The molecule has 0 radical (unpaired) electrons. The Kier molecular flexibility index (Phi) is 9.99. The molecule has 0 bridgehead atoms. The average Bonchev–Trinajstić information content (AvgIpc) is 3.97. The van der Waals surface area contributed by atoms with Crippen LogP contribution in [0.5, 0.6) is 11.8 Å². The quantitative estimate of drug-likeness (QED) is 0.184. The minimum absolute atomic E-state index is 0.0162. The number of nitriles is 1. The van der Waals surface area contributed by atoms with E-state index < -0.39 is 41.8 Å². The molecule has 2 N–H and O–H groups in total. The number of aromatic nitrogens is 2. The number of carboxylic acid groups (broad SMARTS) is 1. The number of halogens is 4. The lowest BCUT2D eigenvalue weighted by Gasteiger charge is -2.37. The van der Waals surface area contributed by atoms with E-state index in [1.807, 2.05) is 11.0 Å². The number of fused-ring (bicyclic) bond motifs is 2. The smallest absolute Gasteiger partial charge is 0.409 e. The predicted molar refractivity (Wildman–Crippen MR) is 201 cm³/mol. The average molecular weight is 815 g/mol. The fourth-order valence-electron chi connectivity index (χ4n) is 8.94. The summed E-state index contributed by atoms with van der Waals surface area (Å²) in [7, 11) is 0. The van der Waals surface area contributed by atoms with Crippen molar-refractivity contribution in [1.82, 2.24) is 14.9 Å². The fourth-order valence-corrected chi connectivity index (χ4v) is 10.3. The largest absolute Gasteiger partial charge is 0.488 e. The summed E-state index contributed by atoms with van der Waals surface area (Å²) in [5.41, 5.74) is -1.18. The van der Waals surface area contributed by atoms with Gasteiger partial charge in [-0.15, -0.1) is 11.3 Å². The van der Waals surface area contributed by atoms with Crippen molar-refractivity contribution in [3.8, 4) is 29.0 Å². The summed E-state index contributed by atoms with van der Waals surface area (Å²) in [6, 6.07) is 4.01. The third-order valence-corrected chi connectivity index (χ3v) is 13.0. The van der Waals surface area contributed by atoms with Crippen molar-refractivity contribution in [2.45, 2.75) is 75.1 Å². The SMILES string of the molecule is N#Cc1c(NC(=O)O)sc2c(F)ccc(-c3c(Cl)c4c5c(nc(OC[C@@]67CCCN6C[C@H](F)C7)nc5c3F)N(C3CCOC3)CC(OC3CCCCO3)CO4)c12. The molecule has 5 aliphatic heterocycles. The zero-order valence-corrected chi connectivity index (χ0v) is 31.7. The number of alkyl halides is 1. The van der Waals surface area contributed by atoms with E-state index in [1.54, 1.807) is 0 Å². The van der Waals surface area contributed by atoms with E-state index in [1.165, 1.54) is 6.07 Å². The van der Waals surface area contributed by atoms with Gasteiger partial charge in [-0.1, -0.05) is 17.7 Å². The van der Waals surface area contributed by atoms with Crippen LogP contribution >= 0.6 is 22.9 Å². The van der Waals surface area contributed by atoms with Crippen molar-refractivity contribution in [1.29, 1.82) is 5.26 Å². The van der Waals surface area contributed by atoms with Gasteiger partial charge in [-0.2, -0.15) is 15.2 Å². The molecule has 3 unspecified atom stereocenters. The third kappa shape index (κ3) is 6.53. The first kappa shape index (κ1) is 37.4. The van der Waals surface area contributed by atoms with Crippen LogP contribution in [0.4, 0.5) is 28.8 Å². The first-order valence-electron chi connectivity index (χ1n) is 18.8. The van der Waals surface area contributed by atoms with Crippen molar-refractivity contribution in [2.75, 3.05) is 62.9 Å². The van der Waals surface area contributed by atoms with Gasteiger partial charge in [0.1, 0.15) is 53.7 Å². The van der Waals surface area contributed by atoms with E-state index in [9.17, 15) is 19.6 Å². The number of anilines is 2. The summed E-state index contributed by atoms with van der Waals surface area (Å²) in [5, 5.41) is 21.7. The molecule has 56 heavy (non-hydrogen) atoms. The maximum atomic E-state index is 17.6. The zero-order chi connectivity index (χ0) is 38.7. The molecule has 4 aromatic rings. The highest BCUT2D eigenvalue weighted by atomic mass is 35.5. The summed E-state index contributed by atoms with van der Waals surface area (Å²) in [4.78, 5) is 25.3. The van der Waals surface area contributed by atoms with Crippen LogP contribution in [0.25, 0.3) is 32.1 Å².